The van der Waals surface area contributed by atoms with Crippen molar-refractivity contribution in [1.29, 1.82) is 0 Å². The van der Waals surface area contributed by atoms with E-state index in [1.54, 1.807) is 0 Å². The zero-order valence-corrected chi connectivity index (χ0v) is 15.4. The molecule has 1 heterocycles. The molecule has 0 bridgehead atoms. The first-order valence-electron chi connectivity index (χ1n) is 8.69. The maximum Gasteiger partial charge on any atom is 0.262 e. The smallest absolute Gasteiger partial charge is 0.262 e. The van der Waals surface area contributed by atoms with E-state index < -0.39 is 0 Å². The molecule has 1 N–H and O–H groups in total. The van der Waals surface area contributed by atoms with Crippen LogP contribution in [0.5, 0.6) is 0 Å². The van der Waals surface area contributed by atoms with E-state index in [4.69, 9.17) is 11.6 Å². The predicted molar refractivity (Wildman–Crippen MR) is 102 cm³/mol. The van der Waals surface area contributed by atoms with Gasteiger partial charge in [0.15, 0.2) is 0 Å². The second-order valence-electron chi connectivity index (χ2n) is 5.97. The van der Waals surface area contributed by atoms with Crippen LogP contribution in [0.3, 0.4) is 0 Å². The van der Waals surface area contributed by atoms with E-state index in [9.17, 15) is 4.79 Å². The van der Waals surface area contributed by atoms with Crippen molar-refractivity contribution >= 4 is 38.9 Å². The molecular weight excluding hydrogens is 326 g/mol. The van der Waals surface area contributed by atoms with Crippen molar-refractivity contribution in [2.24, 2.45) is 0 Å². The van der Waals surface area contributed by atoms with Crippen molar-refractivity contribution in [1.82, 2.24) is 5.32 Å². The van der Waals surface area contributed by atoms with Gasteiger partial charge in [-0.1, -0.05) is 81.7 Å². The number of fused-ring (bicyclic) bond motifs is 1. The van der Waals surface area contributed by atoms with E-state index >= 15 is 0 Å². The second-order valence-corrected chi connectivity index (χ2v) is 7.40. The number of halogens is 1. The number of rotatable bonds is 10. The summed E-state index contributed by atoms with van der Waals surface area (Å²) in [7, 11) is 0. The minimum atomic E-state index is -0.0425. The van der Waals surface area contributed by atoms with Gasteiger partial charge in [0.2, 0.25) is 0 Å². The largest absolute Gasteiger partial charge is 0.351 e. The molecular formula is C19H26ClNOS. The van der Waals surface area contributed by atoms with E-state index in [2.05, 4.69) is 12.2 Å². The van der Waals surface area contributed by atoms with E-state index in [1.807, 2.05) is 24.3 Å². The van der Waals surface area contributed by atoms with Crippen molar-refractivity contribution < 1.29 is 4.79 Å². The van der Waals surface area contributed by atoms with Gasteiger partial charge in [-0.3, -0.25) is 4.79 Å². The Morgan fingerprint density at radius 1 is 1.04 bits per heavy atom. The van der Waals surface area contributed by atoms with E-state index in [-0.39, 0.29) is 5.91 Å². The number of thiophene rings is 1. The van der Waals surface area contributed by atoms with Crippen LogP contribution in [0.15, 0.2) is 24.3 Å². The molecule has 0 radical (unpaired) electrons. The summed E-state index contributed by atoms with van der Waals surface area (Å²) in [6, 6.07) is 7.88. The number of hydrogen-bond donors (Lipinski definition) is 1. The normalized spacial score (nSPS) is 11.0. The first-order chi connectivity index (χ1) is 11.2. The molecule has 0 fully saturated rings. The Hall–Kier alpha value is -1.06. The van der Waals surface area contributed by atoms with Crippen LogP contribution in [0.2, 0.25) is 5.02 Å². The van der Waals surface area contributed by atoms with Crippen LogP contribution >= 0.6 is 22.9 Å². The van der Waals surface area contributed by atoms with Crippen molar-refractivity contribution in [3.05, 3.63) is 34.2 Å². The summed E-state index contributed by atoms with van der Waals surface area (Å²) in [5, 5.41) is 4.55. The Bertz CT molecular complexity index is 623. The molecule has 0 unspecified atom stereocenters. The summed E-state index contributed by atoms with van der Waals surface area (Å²) < 4.78 is 1.06. The Kier molecular flexibility index (Phi) is 7.90. The van der Waals surface area contributed by atoms with E-state index in [1.165, 1.54) is 56.3 Å². The van der Waals surface area contributed by atoms with Gasteiger partial charge in [0, 0.05) is 16.6 Å². The minimum absolute atomic E-state index is 0.0425. The average molecular weight is 352 g/mol. The highest BCUT2D eigenvalue weighted by Gasteiger charge is 2.16. The molecule has 126 valence electrons. The Labute approximate surface area is 148 Å². The number of amides is 1. The van der Waals surface area contributed by atoms with Gasteiger partial charge in [0.1, 0.15) is 4.88 Å². The molecule has 0 saturated heterocycles. The van der Waals surface area contributed by atoms with Crippen LogP contribution < -0.4 is 5.32 Å². The van der Waals surface area contributed by atoms with Gasteiger partial charge in [-0.15, -0.1) is 11.3 Å². The van der Waals surface area contributed by atoms with Gasteiger partial charge in [0.25, 0.3) is 5.91 Å². The third-order valence-electron chi connectivity index (χ3n) is 4.06. The first-order valence-corrected chi connectivity index (χ1v) is 9.88. The van der Waals surface area contributed by atoms with Crippen LogP contribution in [-0.2, 0) is 0 Å². The summed E-state index contributed by atoms with van der Waals surface area (Å²) in [4.78, 5) is 12.9. The molecule has 2 rings (SSSR count). The third-order valence-corrected chi connectivity index (χ3v) is 5.73. The SMILES string of the molecule is CCCCCCCCCCNC(=O)c1sc2ccccc2c1Cl. The zero-order chi connectivity index (χ0) is 16.5. The van der Waals surface area contributed by atoms with Gasteiger partial charge in [0.05, 0.1) is 5.02 Å². The number of benzene rings is 1. The lowest BCUT2D eigenvalue weighted by molar-refractivity contribution is 0.0957. The van der Waals surface area contributed by atoms with E-state index in [0.29, 0.717) is 9.90 Å². The number of unbranched alkanes of at least 4 members (excludes halogenated alkanes) is 7. The van der Waals surface area contributed by atoms with Crippen LogP contribution in [0.1, 0.15) is 68.0 Å². The number of hydrogen-bond acceptors (Lipinski definition) is 2. The zero-order valence-electron chi connectivity index (χ0n) is 13.9. The van der Waals surface area contributed by atoms with Gasteiger partial charge in [-0.25, -0.2) is 0 Å². The summed E-state index contributed by atoms with van der Waals surface area (Å²) in [5.74, 6) is -0.0425. The summed E-state index contributed by atoms with van der Waals surface area (Å²) >= 11 is 7.79. The molecule has 2 aromatic rings. The predicted octanol–water partition coefficient (Wildman–Crippen LogP) is 6.43. The highest BCUT2D eigenvalue weighted by atomic mass is 35.5. The van der Waals surface area contributed by atoms with Crippen LogP contribution in [-0.4, -0.2) is 12.5 Å². The van der Waals surface area contributed by atoms with Crippen molar-refractivity contribution in [2.45, 2.75) is 58.3 Å². The molecule has 0 atom stereocenters. The molecule has 0 aliphatic rings. The van der Waals surface area contributed by atoms with Crippen molar-refractivity contribution in [3.8, 4) is 0 Å². The molecule has 0 aliphatic carbocycles. The standard InChI is InChI=1S/C19H26ClNOS/c1-2-3-4-5-6-7-8-11-14-21-19(22)18-17(20)15-12-9-10-13-16(15)23-18/h9-10,12-13H,2-8,11,14H2,1H3,(H,21,22). The van der Waals surface area contributed by atoms with Gasteiger partial charge in [-0.05, 0) is 12.5 Å². The fourth-order valence-electron chi connectivity index (χ4n) is 2.70. The van der Waals surface area contributed by atoms with Crippen LogP contribution in [0, 0.1) is 0 Å². The van der Waals surface area contributed by atoms with Gasteiger partial charge in [-0.2, -0.15) is 0 Å². The average Bonchev–Trinajstić information content (AvgIpc) is 2.90. The topological polar surface area (TPSA) is 29.1 Å². The first kappa shape index (κ1) is 18.3. The Morgan fingerprint density at radius 2 is 1.70 bits per heavy atom. The molecule has 1 aromatic heterocycles. The Morgan fingerprint density at radius 3 is 2.39 bits per heavy atom. The molecule has 1 amide bonds. The quantitative estimate of drug-likeness (QED) is 0.491. The molecule has 0 aliphatic heterocycles. The fraction of sp³-hybridized carbons (Fsp3) is 0.526. The van der Waals surface area contributed by atoms with Crippen LogP contribution in [0.4, 0.5) is 0 Å². The monoisotopic (exact) mass is 351 g/mol. The lowest BCUT2D eigenvalue weighted by atomic mass is 10.1. The third kappa shape index (κ3) is 5.50. The maximum absolute atomic E-state index is 12.3. The maximum atomic E-state index is 12.3. The molecule has 4 heteroatoms. The molecule has 2 nitrogen and oxygen atoms in total. The minimum Gasteiger partial charge on any atom is -0.351 e. The Balaban J connectivity index is 1.67. The molecule has 0 saturated carbocycles. The molecule has 1 aromatic carbocycles. The molecule has 0 spiro atoms. The highest BCUT2D eigenvalue weighted by Crippen LogP contribution is 2.34. The second kappa shape index (κ2) is 9.94. The molecule has 23 heavy (non-hydrogen) atoms. The lowest BCUT2D eigenvalue weighted by Crippen LogP contribution is -2.23. The fourth-order valence-corrected chi connectivity index (χ4v) is 4.13. The highest BCUT2D eigenvalue weighted by molar-refractivity contribution is 7.21. The number of nitrogens with one attached hydrogen (secondary N) is 1. The summed E-state index contributed by atoms with van der Waals surface area (Å²) in [6.07, 6.45) is 10.2. The summed E-state index contributed by atoms with van der Waals surface area (Å²) in [5.41, 5.74) is 0. The van der Waals surface area contributed by atoms with Gasteiger partial charge < -0.3 is 5.32 Å². The van der Waals surface area contributed by atoms with Crippen molar-refractivity contribution in [2.75, 3.05) is 6.54 Å². The van der Waals surface area contributed by atoms with E-state index in [0.717, 1.165) is 23.1 Å². The number of carbonyl (C=O) groups excluding carboxylic acids is 1. The lowest BCUT2D eigenvalue weighted by Gasteiger charge is -2.04. The van der Waals surface area contributed by atoms with Crippen molar-refractivity contribution in [3.63, 3.8) is 0 Å². The van der Waals surface area contributed by atoms with Gasteiger partial charge >= 0.3 is 0 Å². The summed E-state index contributed by atoms with van der Waals surface area (Å²) in [6.45, 7) is 2.98. The van der Waals surface area contributed by atoms with Crippen LogP contribution in [0.25, 0.3) is 10.1 Å². The number of carbonyl (C=O) groups is 1.